The van der Waals surface area contributed by atoms with Crippen LogP contribution in [0, 0.1) is 0 Å². The van der Waals surface area contributed by atoms with E-state index in [1.54, 1.807) is 4.90 Å². The number of fused-ring (bicyclic) bond motifs is 2. The Morgan fingerprint density at radius 2 is 1.45 bits per heavy atom. The highest BCUT2D eigenvalue weighted by atomic mass is 16.5. The van der Waals surface area contributed by atoms with Crippen LogP contribution in [-0.2, 0) is 22.4 Å². The number of carbonyl (C=O) groups excluding carboxylic acids is 2. The minimum Gasteiger partial charge on any atom is -0.508 e. The van der Waals surface area contributed by atoms with Gasteiger partial charge in [0.05, 0.1) is 11.4 Å². The molecule has 0 atom stereocenters. The highest BCUT2D eigenvalue weighted by molar-refractivity contribution is 6.04. The van der Waals surface area contributed by atoms with Gasteiger partial charge in [-0.05, 0) is 48.2 Å². The quantitative estimate of drug-likeness (QED) is 0.667. The van der Waals surface area contributed by atoms with E-state index in [2.05, 4.69) is 0 Å². The second-order valence-electron chi connectivity index (χ2n) is 6.76. The molecule has 0 aromatic heterocycles. The normalized spacial score (nSPS) is 12.5. The molecule has 3 aromatic rings. The van der Waals surface area contributed by atoms with Crippen LogP contribution in [-0.4, -0.2) is 28.7 Å². The van der Waals surface area contributed by atoms with E-state index in [1.807, 2.05) is 48.5 Å². The zero-order valence-electron chi connectivity index (χ0n) is 15.5. The summed E-state index contributed by atoms with van der Waals surface area (Å²) < 4.78 is 5.16. The smallest absolute Gasteiger partial charge is 0.342 e. The van der Waals surface area contributed by atoms with Crippen LogP contribution in [0.15, 0.2) is 66.7 Å². The largest absolute Gasteiger partial charge is 0.508 e. The summed E-state index contributed by atoms with van der Waals surface area (Å²) in [6.07, 6.45) is 1.61. The van der Waals surface area contributed by atoms with Crippen LogP contribution in [0.3, 0.4) is 0 Å². The lowest BCUT2D eigenvalue weighted by Crippen LogP contribution is -2.31. The van der Waals surface area contributed by atoms with Crippen molar-refractivity contribution in [3.05, 3.63) is 83.4 Å². The maximum atomic E-state index is 13.1. The van der Waals surface area contributed by atoms with Gasteiger partial charge in [0.25, 0.3) is 5.91 Å². The first-order chi connectivity index (χ1) is 14.0. The number of nitrogens with zero attached hydrogens (tertiary/aromatic N) is 1. The minimum absolute atomic E-state index is 0.118. The first-order valence-corrected chi connectivity index (χ1v) is 9.22. The van der Waals surface area contributed by atoms with E-state index >= 15 is 0 Å². The van der Waals surface area contributed by atoms with Crippen molar-refractivity contribution in [3.8, 4) is 11.5 Å². The Hall–Kier alpha value is -3.80. The van der Waals surface area contributed by atoms with Crippen molar-refractivity contribution in [1.82, 2.24) is 0 Å². The maximum Gasteiger partial charge on any atom is 0.342 e. The summed E-state index contributed by atoms with van der Waals surface area (Å²) in [5, 5.41) is 19.2. The molecule has 29 heavy (non-hydrogen) atoms. The van der Waals surface area contributed by atoms with Gasteiger partial charge in [0.15, 0.2) is 6.61 Å². The number of hydrogen-bond donors (Lipinski definition) is 2. The zero-order chi connectivity index (χ0) is 20.4. The van der Waals surface area contributed by atoms with Gasteiger partial charge in [-0.25, -0.2) is 4.79 Å². The summed E-state index contributed by atoms with van der Waals surface area (Å²) in [6, 6.07) is 18.9. The molecule has 4 rings (SSSR count). The van der Waals surface area contributed by atoms with Crippen molar-refractivity contribution >= 4 is 23.3 Å². The molecule has 0 unspecified atom stereocenters. The number of hydrogen-bond acceptors (Lipinski definition) is 5. The standard InChI is InChI=1S/C23H19NO5/c25-17-11-12-18(21(26)13-17)23(28)29-14-22(27)24-19-7-3-1-5-15(19)9-10-16-6-2-4-8-20(16)24/h1-8,11-13,25-26H,9-10,14H2. The number of carbonyl (C=O) groups is 2. The molecule has 1 amide bonds. The van der Waals surface area contributed by atoms with Crippen LogP contribution >= 0.6 is 0 Å². The molecule has 0 spiro atoms. The lowest BCUT2D eigenvalue weighted by molar-refractivity contribution is -0.121. The Morgan fingerprint density at radius 3 is 2.03 bits per heavy atom. The molecule has 146 valence electrons. The summed E-state index contributed by atoms with van der Waals surface area (Å²) in [6.45, 7) is -0.484. The molecular weight excluding hydrogens is 370 g/mol. The van der Waals surface area contributed by atoms with Gasteiger partial charge in [0, 0.05) is 6.07 Å². The zero-order valence-corrected chi connectivity index (χ0v) is 15.5. The summed E-state index contributed by atoms with van der Waals surface area (Å²) in [5.41, 5.74) is 3.50. The van der Waals surface area contributed by atoms with Gasteiger partial charge in [-0.15, -0.1) is 0 Å². The van der Waals surface area contributed by atoms with Crippen LogP contribution in [0.1, 0.15) is 21.5 Å². The summed E-state index contributed by atoms with van der Waals surface area (Å²) in [7, 11) is 0. The monoisotopic (exact) mass is 389 g/mol. The predicted molar refractivity (Wildman–Crippen MR) is 107 cm³/mol. The van der Waals surface area contributed by atoms with E-state index in [1.165, 1.54) is 12.1 Å². The molecule has 0 aliphatic carbocycles. The summed E-state index contributed by atoms with van der Waals surface area (Å²) >= 11 is 0. The van der Waals surface area contributed by atoms with Gasteiger partial charge in [0.1, 0.15) is 17.1 Å². The van der Waals surface area contributed by atoms with Gasteiger partial charge in [-0.2, -0.15) is 0 Å². The van der Waals surface area contributed by atoms with Crippen molar-refractivity contribution in [3.63, 3.8) is 0 Å². The number of ether oxygens (including phenoxy) is 1. The lowest BCUT2D eigenvalue weighted by atomic mass is 10.0. The topological polar surface area (TPSA) is 87.1 Å². The highest BCUT2D eigenvalue weighted by Gasteiger charge is 2.26. The number of amides is 1. The number of phenolic OH excluding ortho intramolecular Hbond substituents is 2. The van der Waals surface area contributed by atoms with Crippen molar-refractivity contribution in [1.29, 1.82) is 0 Å². The van der Waals surface area contributed by atoms with E-state index < -0.39 is 24.2 Å². The van der Waals surface area contributed by atoms with E-state index in [0.717, 1.165) is 41.4 Å². The second-order valence-corrected chi connectivity index (χ2v) is 6.76. The Labute approximate surface area is 167 Å². The Balaban J connectivity index is 1.60. The number of anilines is 2. The van der Waals surface area contributed by atoms with E-state index in [-0.39, 0.29) is 11.3 Å². The first kappa shape index (κ1) is 18.6. The predicted octanol–water partition coefficient (Wildman–Crippen LogP) is 3.72. The summed E-state index contributed by atoms with van der Waals surface area (Å²) in [5.74, 6) is -1.81. The Kier molecular flexibility index (Phi) is 4.91. The lowest BCUT2D eigenvalue weighted by Gasteiger charge is -2.24. The fourth-order valence-electron chi connectivity index (χ4n) is 3.51. The molecule has 3 aromatic carbocycles. The molecule has 0 saturated carbocycles. The average Bonchev–Trinajstić information content (AvgIpc) is 2.89. The van der Waals surface area contributed by atoms with Crippen molar-refractivity contribution in [2.24, 2.45) is 0 Å². The maximum absolute atomic E-state index is 13.1. The third-order valence-electron chi connectivity index (χ3n) is 4.91. The molecule has 0 radical (unpaired) electrons. The number of aromatic hydroxyl groups is 2. The highest BCUT2D eigenvalue weighted by Crippen LogP contribution is 2.36. The SMILES string of the molecule is O=C(OCC(=O)N1c2ccccc2CCc2ccccc21)c1ccc(O)cc1O. The molecular formula is C23H19NO5. The van der Waals surface area contributed by atoms with Crippen LogP contribution in [0.5, 0.6) is 11.5 Å². The van der Waals surface area contributed by atoms with Gasteiger partial charge in [0.2, 0.25) is 0 Å². The molecule has 0 bridgehead atoms. The van der Waals surface area contributed by atoms with Gasteiger partial charge in [-0.1, -0.05) is 36.4 Å². The minimum atomic E-state index is -0.841. The van der Waals surface area contributed by atoms with Crippen molar-refractivity contribution < 1.29 is 24.5 Å². The fraction of sp³-hybridized carbons (Fsp3) is 0.130. The van der Waals surface area contributed by atoms with E-state index in [0.29, 0.717) is 0 Å². The van der Waals surface area contributed by atoms with Gasteiger partial charge in [-0.3, -0.25) is 9.69 Å². The molecule has 0 fully saturated rings. The average molecular weight is 389 g/mol. The number of phenols is 2. The number of para-hydroxylation sites is 2. The summed E-state index contributed by atoms with van der Waals surface area (Å²) in [4.78, 5) is 27.0. The number of benzene rings is 3. The van der Waals surface area contributed by atoms with Crippen LogP contribution in [0.2, 0.25) is 0 Å². The van der Waals surface area contributed by atoms with Crippen molar-refractivity contribution in [2.45, 2.75) is 12.8 Å². The third kappa shape index (κ3) is 3.65. The molecule has 6 heteroatoms. The van der Waals surface area contributed by atoms with Crippen LogP contribution < -0.4 is 4.90 Å². The molecule has 1 heterocycles. The fourth-order valence-corrected chi connectivity index (χ4v) is 3.51. The number of esters is 1. The molecule has 1 aliphatic heterocycles. The van der Waals surface area contributed by atoms with Crippen molar-refractivity contribution in [2.75, 3.05) is 11.5 Å². The molecule has 1 aliphatic rings. The first-order valence-electron chi connectivity index (χ1n) is 9.22. The van der Waals surface area contributed by atoms with Gasteiger partial charge >= 0.3 is 5.97 Å². The molecule has 6 nitrogen and oxygen atoms in total. The molecule has 0 saturated heterocycles. The van der Waals surface area contributed by atoms with Crippen LogP contribution in [0.4, 0.5) is 11.4 Å². The second kappa shape index (κ2) is 7.67. The third-order valence-corrected chi connectivity index (χ3v) is 4.91. The van der Waals surface area contributed by atoms with Crippen LogP contribution in [0.25, 0.3) is 0 Å². The van der Waals surface area contributed by atoms with E-state index in [9.17, 15) is 19.8 Å². The molecule has 2 N–H and O–H groups in total. The Bertz CT molecular complexity index is 1040. The van der Waals surface area contributed by atoms with Gasteiger partial charge < -0.3 is 14.9 Å². The van der Waals surface area contributed by atoms with E-state index in [4.69, 9.17) is 4.74 Å². The Morgan fingerprint density at radius 1 is 0.862 bits per heavy atom. The number of rotatable bonds is 3. The number of aryl methyl sites for hydroxylation is 2.